The third kappa shape index (κ3) is 6.85. The molecule has 102 valence electrons. The Morgan fingerprint density at radius 2 is 2.18 bits per heavy atom. The topological polar surface area (TPSA) is 24.5 Å². The van der Waals surface area contributed by atoms with E-state index < -0.39 is 12.8 Å². The summed E-state index contributed by atoms with van der Waals surface area (Å²) in [4.78, 5) is 2.31. The van der Waals surface area contributed by atoms with E-state index in [4.69, 9.17) is 0 Å². The molecule has 0 aromatic heterocycles. The lowest BCUT2D eigenvalue weighted by atomic mass is 10.2. The Labute approximate surface area is 100 Å². The first-order valence-electron chi connectivity index (χ1n) is 6.04. The summed E-state index contributed by atoms with van der Waals surface area (Å²) in [7, 11) is 2.10. The van der Waals surface area contributed by atoms with Crippen molar-refractivity contribution in [2.75, 3.05) is 39.9 Å². The van der Waals surface area contributed by atoms with E-state index in [9.17, 15) is 13.2 Å². The van der Waals surface area contributed by atoms with Gasteiger partial charge in [-0.25, -0.2) is 0 Å². The number of nitrogens with one attached hydrogen (secondary N) is 1. The van der Waals surface area contributed by atoms with Gasteiger partial charge in [0.25, 0.3) is 0 Å². The smallest absolute Gasteiger partial charge is 0.372 e. The summed E-state index contributed by atoms with van der Waals surface area (Å²) in [5.74, 6) is 0. The van der Waals surface area contributed by atoms with Gasteiger partial charge in [-0.3, -0.25) is 0 Å². The molecule has 0 amide bonds. The fraction of sp³-hybridized carbons (Fsp3) is 1.00. The maximum absolute atomic E-state index is 11.7. The molecule has 0 radical (unpaired) electrons. The normalized spacial score (nSPS) is 22.2. The summed E-state index contributed by atoms with van der Waals surface area (Å²) < 4.78 is 39.7. The molecule has 0 bridgehead atoms. The van der Waals surface area contributed by atoms with E-state index in [1.165, 1.54) is 12.8 Å². The maximum atomic E-state index is 11.7. The van der Waals surface area contributed by atoms with Gasteiger partial charge in [0.05, 0.1) is 0 Å². The Balaban J connectivity index is 1.88. The highest BCUT2D eigenvalue weighted by molar-refractivity contribution is 4.77. The molecule has 1 unspecified atom stereocenters. The van der Waals surface area contributed by atoms with Crippen LogP contribution in [0.2, 0.25) is 0 Å². The highest BCUT2D eigenvalue weighted by Crippen LogP contribution is 2.14. The molecule has 1 rings (SSSR count). The quantitative estimate of drug-likeness (QED) is 0.699. The number of nitrogens with zero attached hydrogens (tertiary/aromatic N) is 1. The Morgan fingerprint density at radius 1 is 1.41 bits per heavy atom. The fourth-order valence-electron chi connectivity index (χ4n) is 1.99. The van der Waals surface area contributed by atoms with Crippen LogP contribution in [0.5, 0.6) is 0 Å². The van der Waals surface area contributed by atoms with Crippen molar-refractivity contribution in [3.05, 3.63) is 0 Å². The van der Waals surface area contributed by atoms with Gasteiger partial charge in [0, 0.05) is 19.2 Å². The van der Waals surface area contributed by atoms with Gasteiger partial charge >= 0.3 is 6.18 Å². The van der Waals surface area contributed by atoms with Gasteiger partial charge in [-0.05, 0) is 39.4 Å². The van der Waals surface area contributed by atoms with Gasteiger partial charge in [0.2, 0.25) is 0 Å². The van der Waals surface area contributed by atoms with E-state index in [2.05, 4.69) is 22.0 Å². The Bertz CT molecular complexity index is 211. The molecule has 1 fully saturated rings. The lowest BCUT2D eigenvalue weighted by Crippen LogP contribution is -2.36. The molecule has 0 aromatic rings. The summed E-state index contributed by atoms with van der Waals surface area (Å²) in [6.45, 7) is 1.78. The van der Waals surface area contributed by atoms with Crippen molar-refractivity contribution < 1.29 is 17.9 Å². The van der Waals surface area contributed by atoms with Crippen molar-refractivity contribution in [1.29, 1.82) is 0 Å². The van der Waals surface area contributed by atoms with Crippen LogP contribution in [-0.4, -0.2) is 57.0 Å². The molecule has 0 aromatic carbocycles. The van der Waals surface area contributed by atoms with E-state index >= 15 is 0 Å². The Kier molecular flexibility index (Phi) is 6.22. The second-order valence-corrected chi connectivity index (χ2v) is 4.50. The molecule has 1 heterocycles. The van der Waals surface area contributed by atoms with Crippen LogP contribution in [-0.2, 0) is 4.74 Å². The van der Waals surface area contributed by atoms with Crippen LogP contribution >= 0.6 is 0 Å². The van der Waals surface area contributed by atoms with Gasteiger partial charge in [0.1, 0.15) is 6.61 Å². The highest BCUT2D eigenvalue weighted by atomic mass is 19.4. The molecule has 1 saturated heterocycles. The number of ether oxygens (including phenoxy) is 1. The SMILES string of the molecule is CN1CCCC1CNCCCOCC(F)(F)F. The zero-order valence-electron chi connectivity index (χ0n) is 10.2. The van der Waals surface area contributed by atoms with Crippen molar-refractivity contribution in [3.63, 3.8) is 0 Å². The molecule has 0 spiro atoms. The zero-order chi connectivity index (χ0) is 12.7. The number of halogens is 3. The van der Waals surface area contributed by atoms with Crippen molar-refractivity contribution in [2.45, 2.75) is 31.5 Å². The van der Waals surface area contributed by atoms with Gasteiger partial charge in [-0.1, -0.05) is 0 Å². The molecule has 6 heteroatoms. The third-order valence-corrected chi connectivity index (χ3v) is 2.96. The van der Waals surface area contributed by atoms with Crippen molar-refractivity contribution in [3.8, 4) is 0 Å². The highest BCUT2D eigenvalue weighted by Gasteiger charge is 2.27. The number of hydrogen-bond donors (Lipinski definition) is 1. The van der Waals surface area contributed by atoms with E-state index in [-0.39, 0.29) is 6.61 Å². The minimum Gasteiger partial charge on any atom is -0.372 e. The van der Waals surface area contributed by atoms with Crippen LogP contribution in [0.15, 0.2) is 0 Å². The predicted molar refractivity (Wildman–Crippen MR) is 60.0 cm³/mol. The van der Waals surface area contributed by atoms with Gasteiger partial charge in [-0.2, -0.15) is 13.2 Å². The van der Waals surface area contributed by atoms with Crippen LogP contribution < -0.4 is 5.32 Å². The summed E-state index contributed by atoms with van der Waals surface area (Å²) in [5, 5.41) is 3.25. The van der Waals surface area contributed by atoms with Gasteiger partial charge in [-0.15, -0.1) is 0 Å². The number of alkyl halides is 3. The summed E-state index contributed by atoms with van der Waals surface area (Å²) in [6.07, 6.45) is -1.15. The standard InChI is InChI=1S/C11H21F3N2O/c1-16-6-2-4-10(16)8-15-5-3-7-17-9-11(12,13)14/h10,15H,2-9H2,1H3. The average Bonchev–Trinajstić information content (AvgIpc) is 2.61. The summed E-state index contributed by atoms with van der Waals surface area (Å²) in [5.41, 5.74) is 0. The molecule has 1 N–H and O–H groups in total. The minimum atomic E-state index is -4.21. The minimum absolute atomic E-state index is 0.160. The lowest BCUT2D eigenvalue weighted by molar-refractivity contribution is -0.173. The Morgan fingerprint density at radius 3 is 2.76 bits per heavy atom. The van der Waals surface area contributed by atoms with Crippen LogP contribution in [0.3, 0.4) is 0 Å². The fourth-order valence-corrected chi connectivity index (χ4v) is 1.99. The number of likely N-dealkylation sites (tertiary alicyclic amines) is 1. The molecule has 0 aliphatic carbocycles. The molecule has 1 atom stereocenters. The second kappa shape index (κ2) is 7.18. The van der Waals surface area contributed by atoms with E-state index in [1.54, 1.807) is 0 Å². The molecule has 0 saturated carbocycles. The molecule has 3 nitrogen and oxygen atoms in total. The molecule has 1 aliphatic heterocycles. The third-order valence-electron chi connectivity index (χ3n) is 2.96. The number of rotatable bonds is 7. The van der Waals surface area contributed by atoms with Gasteiger partial charge in [0.15, 0.2) is 0 Å². The summed E-state index contributed by atoms with van der Waals surface area (Å²) >= 11 is 0. The molecule has 1 aliphatic rings. The predicted octanol–water partition coefficient (Wildman–Crippen LogP) is 1.64. The van der Waals surface area contributed by atoms with Crippen LogP contribution in [0, 0.1) is 0 Å². The van der Waals surface area contributed by atoms with E-state index in [1.807, 2.05) is 0 Å². The molecule has 17 heavy (non-hydrogen) atoms. The average molecular weight is 254 g/mol. The monoisotopic (exact) mass is 254 g/mol. The first-order chi connectivity index (χ1) is 7.99. The lowest BCUT2D eigenvalue weighted by Gasteiger charge is -2.19. The van der Waals surface area contributed by atoms with Crippen molar-refractivity contribution in [2.24, 2.45) is 0 Å². The van der Waals surface area contributed by atoms with Crippen molar-refractivity contribution >= 4 is 0 Å². The first-order valence-corrected chi connectivity index (χ1v) is 6.04. The van der Waals surface area contributed by atoms with Crippen LogP contribution in [0.1, 0.15) is 19.3 Å². The number of hydrogen-bond acceptors (Lipinski definition) is 3. The summed E-state index contributed by atoms with van der Waals surface area (Å²) in [6, 6.07) is 0.575. The first kappa shape index (κ1) is 14.7. The molecular weight excluding hydrogens is 233 g/mol. The van der Waals surface area contributed by atoms with Crippen molar-refractivity contribution in [1.82, 2.24) is 10.2 Å². The maximum Gasteiger partial charge on any atom is 0.411 e. The second-order valence-electron chi connectivity index (χ2n) is 4.50. The zero-order valence-corrected chi connectivity index (χ0v) is 10.2. The van der Waals surface area contributed by atoms with Gasteiger partial charge < -0.3 is 15.0 Å². The van der Waals surface area contributed by atoms with E-state index in [0.29, 0.717) is 19.0 Å². The van der Waals surface area contributed by atoms with Crippen LogP contribution in [0.4, 0.5) is 13.2 Å². The van der Waals surface area contributed by atoms with Crippen LogP contribution in [0.25, 0.3) is 0 Å². The number of likely N-dealkylation sites (N-methyl/N-ethyl adjacent to an activating group) is 1. The molecular formula is C11H21F3N2O. The largest absolute Gasteiger partial charge is 0.411 e. The van der Waals surface area contributed by atoms with E-state index in [0.717, 1.165) is 13.1 Å². The Hall–Kier alpha value is -0.330.